The first-order valence-corrected chi connectivity index (χ1v) is 6.86. The molecule has 0 aromatic heterocycles. The van der Waals surface area contributed by atoms with E-state index in [4.69, 9.17) is 24.1 Å². The van der Waals surface area contributed by atoms with E-state index in [2.05, 4.69) is 6.92 Å². The van der Waals surface area contributed by atoms with Gasteiger partial charge in [-0.15, -0.1) is 0 Å². The van der Waals surface area contributed by atoms with Gasteiger partial charge in [-0.05, 0) is 19.8 Å². The SMILES string of the molecule is CCCCC1OCC(O[C@H](OC)[C@H](O)CO)[C@H](C)O1. The van der Waals surface area contributed by atoms with Gasteiger partial charge in [-0.2, -0.15) is 0 Å². The lowest BCUT2D eigenvalue weighted by atomic mass is 10.2. The highest BCUT2D eigenvalue weighted by Gasteiger charge is 2.33. The lowest BCUT2D eigenvalue weighted by Gasteiger charge is -2.36. The van der Waals surface area contributed by atoms with E-state index >= 15 is 0 Å². The molecule has 19 heavy (non-hydrogen) atoms. The minimum atomic E-state index is -1.07. The highest BCUT2D eigenvalue weighted by Crippen LogP contribution is 2.21. The molecule has 1 saturated heterocycles. The van der Waals surface area contributed by atoms with Gasteiger partial charge in [-0.25, -0.2) is 0 Å². The van der Waals surface area contributed by atoms with Crippen molar-refractivity contribution in [1.29, 1.82) is 0 Å². The third-order valence-electron chi connectivity index (χ3n) is 3.17. The fourth-order valence-electron chi connectivity index (χ4n) is 1.94. The molecule has 0 aromatic carbocycles. The summed E-state index contributed by atoms with van der Waals surface area (Å²) in [6, 6.07) is 0. The predicted molar refractivity (Wildman–Crippen MR) is 68.6 cm³/mol. The van der Waals surface area contributed by atoms with Crippen LogP contribution in [0.25, 0.3) is 0 Å². The Kier molecular flexibility index (Phi) is 7.82. The second-order valence-corrected chi connectivity index (χ2v) is 4.77. The summed E-state index contributed by atoms with van der Waals surface area (Å²) in [6.45, 7) is 4.01. The van der Waals surface area contributed by atoms with Crippen LogP contribution in [0.4, 0.5) is 0 Å². The molecule has 1 heterocycles. The van der Waals surface area contributed by atoms with E-state index in [0.29, 0.717) is 6.61 Å². The monoisotopic (exact) mass is 278 g/mol. The van der Waals surface area contributed by atoms with Gasteiger partial charge in [0.15, 0.2) is 12.6 Å². The first kappa shape index (κ1) is 16.8. The largest absolute Gasteiger partial charge is 0.393 e. The van der Waals surface area contributed by atoms with Crippen molar-refractivity contribution in [2.75, 3.05) is 20.3 Å². The number of hydrogen-bond acceptors (Lipinski definition) is 6. The molecule has 0 aromatic rings. The van der Waals surface area contributed by atoms with Crippen LogP contribution in [-0.2, 0) is 18.9 Å². The van der Waals surface area contributed by atoms with Gasteiger partial charge >= 0.3 is 0 Å². The highest BCUT2D eigenvalue weighted by molar-refractivity contribution is 4.73. The maximum Gasteiger partial charge on any atom is 0.185 e. The Morgan fingerprint density at radius 1 is 1.42 bits per heavy atom. The zero-order valence-electron chi connectivity index (χ0n) is 11.9. The van der Waals surface area contributed by atoms with Crippen LogP contribution in [0.5, 0.6) is 0 Å². The van der Waals surface area contributed by atoms with Gasteiger partial charge in [0.25, 0.3) is 0 Å². The Hall–Kier alpha value is -0.240. The van der Waals surface area contributed by atoms with E-state index in [0.717, 1.165) is 19.3 Å². The van der Waals surface area contributed by atoms with E-state index in [1.165, 1.54) is 7.11 Å². The highest BCUT2D eigenvalue weighted by atomic mass is 16.7. The minimum Gasteiger partial charge on any atom is -0.393 e. The van der Waals surface area contributed by atoms with E-state index < -0.39 is 19.0 Å². The van der Waals surface area contributed by atoms with Crippen molar-refractivity contribution < 1.29 is 29.2 Å². The molecule has 6 heteroatoms. The summed E-state index contributed by atoms with van der Waals surface area (Å²) in [5.74, 6) is 0. The molecule has 6 nitrogen and oxygen atoms in total. The van der Waals surface area contributed by atoms with E-state index in [-0.39, 0.29) is 18.5 Å². The van der Waals surface area contributed by atoms with Crippen LogP contribution in [0.1, 0.15) is 33.1 Å². The summed E-state index contributed by atoms with van der Waals surface area (Å²) in [5, 5.41) is 18.4. The number of hydrogen-bond donors (Lipinski definition) is 2. The number of aliphatic hydroxyl groups is 2. The molecule has 2 N–H and O–H groups in total. The summed E-state index contributed by atoms with van der Waals surface area (Å²) < 4.78 is 21.9. The van der Waals surface area contributed by atoms with Gasteiger partial charge in [0.2, 0.25) is 0 Å². The molecule has 1 aliphatic rings. The zero-order valence-corrected chi connectivity index (χ0v) is 11.9. The van der Waals surface area contributed by atoms with Gasteiger partial charge in [-0.3, -0.25) is 0 Å². The normalized spacial score (nSPS) is 31.1. The van der Waals surface area contributed by atoms with Gasteiger partial charge in [0.05, 0.1) is 19.3 Å². The first-order chi connectivity index (χ1) is 9.12. The number of rotatable bonds is 8. The van der Waals surface area contributed by atoms with Crippen molar-refractivity contribution in [2.45, 2.75) is 64.0 Å². The molecule has 0 aliphatic carbocycles. The van der Waals surface area contributed by atoms with Crippen LogP contribution in [0, 0.1) is 0 Å². The zero-order chi connectivity index (χ0) is 14.3. The summed E-state index contributed by atoms with van der Waals surface area (Å²) in [4.78, 5) is 0. The van der Waals surface area contributed by atoms with E-state index in [1.54, 1.807) is 0 Å². The van der Waals surface area contributed by atoms with E-state index in [1.807, 2.05) is 6.92 Å². The molecule has 0 radical (unpaired) electrons. The maximum absolute atomic E-state index is 9.52. The quantitative estimate of drug-likeness (QED) is 0.635. The smallest absolute Gasteiger partial charge is 0.185 e. The average Bonchev–Trinajstić information content (AvgIpc) is 2.43. The molecule has 5 atom stereocenters. The Morgan fingerprint density at radius 2 is 2.16 bits per heavy atom. The van der Waals surface area contributed by atoms with Gasteiger partial charge in [-0.1, -0.05) is 13.3 Å². The molecule has 0 bridgehead atoms. The second kappa shape index (κ2) is 8.84. The Balaban J connectivity index is 2.40. The van der Waals surface area contributed by atoms with Crippen LogP contribution in [0.3, 0.4) is 0 Å². The van der Waals surface area contributed by atoms with Crippen LogP contribution in [-0.4, -0.2) is 61.4 Å². The van der Waals surface area contributed by atoms with Gasteiger partial charge in [0.1, 0.15) is 12.2 Å². The lowest BCUT2D eigenvalue weighted by molar-refractivity contribution is -0.298. The van der Waals surface area contributed by atoms with Crippen LogP contribution < -0.4 is 0 Å². The van der Waals surface area contributed by atoms with Gasteiger partial charge < -0.3 is 29.2 Å². The fraction of sp³-hybridized carbons (Fsp3) is 1.00. The first-order valence-electron chi connectivity index (χ1n) is 6.86. The predicted octanol–water partition coefficient (Wildman–Crippen LogP) is 0.649. The number of ether oxygens (including phenoxy) is 4. The van der Waals surface area contributed by atoms with Crippen molar-refractivity contribution in [1.82, 2.24) is 0 Å². The van der Waals surface area contributed by atoms with Crippen molar-refractivity contribution in [3.63, 3.8) is 0 Å². The molecule has 0 saturated carbocycles. The summed E-state index contributed by atoms with van der Waals surface area (Å²) in [6.07, 6.45) is 0.452. The third-order valence-corrected chi connectivity index (χ3v) is 3.17. The van der Waals surface area contributed by atoms with Crippen molar-refractivity contribution in [3.05, 3.63) is 0 Å². The molecular formula is C13H26O6. The maximum atomic E-state index is 9.52. The van der Waals surface area contributed by atoms with Crippen molar-refractivity contribution in [3.8, 4) is 0 Å². The average molecular weight is 278 g/mol. The third kappa shape index (κ3) is 5.33. The van der Waals surface area contributed by atoms with E-state index in [9.17, 15) is 5.11 Å². The summed E-state index contributed by atoms with van der Waals surface area (Å²) in [5.41, 5.74) is 0. The molecule has 1 aliphatic heterocycles. The molecule has 114 valence electrons. The number of aliphatic hydroxyl groups excluding tert-OH is 2. The molecule has 1 fully saturated rings. The Bertz CT molecular complexity index is 237. The second-order valence-electron chi connectivity index (χ2n) is 4.77. The molecule has 0 spiro atoms. The van der Waals surface area contributed by atoms with Crippen molar-refractivity contribution >= 4 is 0 Å². The Morgan fingerprint density at radius 3 is 2.68 bits per heavy atom. The summed E-state index contributed by atoms with van der Waals surface area (Å²) >= 11 is 0. The summed E-state index contributed by atoms with van der Waals surface area (Å²) in [7, 11) is 1.42. The van der Waals surface area contributed by atoms with Gasteiger partial charge in [0, 0.05) is 7.11 Å². The molecule has 0 amide bonds. The van der Waals surface area contributed by atoms with Crippen molar-refractivity contribution in [2.24, 2.45) is 0 Å². The standard InChI is InChI=1S/C13H26O6/c1-4-5-6-12-17-8-11(9(2)18-12)19-13(16-3)10(15)7-14/h9-15H,4-8H2,1-3H3/t9-,10+,11?,12?,13-/m0/s1. The molecular weight excluding hydrogens is 252 g/mol. The minimum absolute atomic E-state index is 0.140. The fourth-order valence-corrected chi connectivity index (χ4v) is 1.94. The van der Waals surface area contributed by atoms with Crippen LogP contribution >= 0.6 is 0 Å². The Labute approximate surface area is 114 Å². The van der Waals surface area contributed by atoms with Crippen LogP contribution in [0.15, 0.2) is 0 Å². The lowest BCUT2D eigenvalue weighted by Crippen LogP contribution is -2.48. The number of unbranched alkanes of at least 4 members (excludes halogenated alkanes) is 1. The molecule has 2 unspecified atom stereocenters. The topological polar surface area (TPSA) is 77.4 Å². The molecule has 1 rings (SSSR count). The number of methoxy groups -OCH3 is 1. The van der Waals surface area contributed by atoms with Crippen LogP contribution in [0.2, 0.25) is 0 Å².